The fourth-order valence-electron chi connectivity index (χ4n) is 10.2. The molecule has 0 aliphatic rings. The van der Waals surface area contributed by atoms with Crippen LogP contribution in [0.1, 0.15) is 0 Å². The molecule has 268 valence electrons. The first-order valence-corrected chi connectivity index (χ1v) is 20.1. The third kappa shape index (κ3) is 4.32. The molecule has 0 saturated heterocycles. The molecule has 2 nitrogen and oxygen atoms in total. The molecule has 1 heterocycles. The van der Waals surface area contributed by atoms with Crippen molar-refractivity contribution in [2.24, 2.45) is 0 Å². The van der Waals surface area contributed by atoms with E-state index in [1.54, 1.807) is 0 Å². The van der Waals surface area contributed by atoms with Gasteiger partial charge in [-0.1, -0.05) is 164 Å². The number of fused-ring (bicyclic) bond motifs is 6. The molecule has 0 aliphatic heterocycles. The molecule has 0 saturated carbocycles. The number of aromatic nitrogens is 1. The molecule has 13 rings (SSSR count). The SMILES string of the molecule is c1ccc(-n2c3ccccc3c3ccccc32)c(N(c2cc3ccc4cccc5c6cccc7ccc8cccc(c(c2)c3c45)c8c76)c2cccc3ccccc23)c1. The number of para-hydroxylation sites is 4. The zero-order valence-corrected chi connectivity index (χ0v) is 31.5. The second-order valence-corrected chi connectivity index (χ2v) is 15.6. The van der Waals surface area contributed by atoms with Gasteiger partial charge >= 0.3 is 0 Å². The van der Waals surface area contributed by atoms with Gasteiger partial charge in [-0.25, -0.2) is 0 Å². The van der Waals surface area contributed by atoms with Crippen molar-refractivity contribution in [2.75, 3.05) is 4.90 Å². The molecule has 13 aromatic rings. The summed E-state index contributed by atoms with van der Waals surface area (Å²) >= 11 is 0. The second kappa shape index (κ2) is 11.9. The Morgan fingerprint density at radius 3 is 1.36 bits per heavy atom. The number of hydrogen-bond donors (Lipinski definition) is 0. The van der Waals surface area contributed by atoms with Crippen LogP contribution in [0.5, 0.6) is 0 Å². The van der Waals surface area contributed by atoms with E-state index < -0.39 is 0 Å². The quantitative estimate of drug-likeness (QED) is 0.163. The normalized spacial score (nSPS) is 12.1. The van der Waals surface area contributed by atoms with Crippen molar-refractivity contribution in [3.63, 3.8) is 0 Å². The van der Waals surface area contributed by atoms with Crippen LogP contribution in [0.3, 0.4) is 0 Å². The van der Waals surface area contributed by atoms with Gasteiger partial charge in [-0.15, -0.1) is 0 Å². The van der Waals surface area contributed by atoms with Gasteiger partial charge in [-0.05, 0) is 112 Å². The Morgan fingerprint density at radius 2 is 0.707 bits per heavy atom. The van der Waals surface area contributed by atoms with Crippen LogP contribution in [0.2, 0.25) is 0 Å². The average molecular weight is 735 g/mol. The van der Waals surface area contributed by atoms with Gasteiger partial charge in [0.1, 0.15) is 0 Å². The maximum absolute atomic E-state index is 2.51. The number of anilines is 3. The van der Waals surface area contributed by atoms with E-state index in [0.29, 0.717) is 0 Å². The van der Waals surface area contributed by atoms with Crippen molar-refractivity contribution < 1.29 is 0 Å². The lowest BCUT2D eigenvalue weighted by molar-refractivity contribution is 1.15. The van der Waals surface area contributed by atoms with Gasteiger partial charge in [0, 0.05) is 21.8 Å². The molecule has 0 N–H and O–H groups in total. The van der Waals surface area contributed by atoms with E-state index in [9.17, 15) is 0 Å². The molecule has 0 bridgehead atoms. The van der Waals surface area contributed by atoms with E-state index in [1.807, 2.05) is 0 Å². The Hall–Kier alpha value is -7.68. The molecule has 12 aromatic carbocycles. The average Bonchev–Trinajstić information content (AvgIpc) is 3.62. The lowest BCUT2D eigenvalue weighted by atomic mass is 9.87. The molecule has 0 atom stereocenters. The Bertz CT molecular complexity index is 3750. The molecule has 0 amide bonds. The van der Waals surface area contributed by atoms with E-state index in [1.165, 1.54) is 97.2 Å². The van der Waals surface area contributed by atoms with Crippen LogP contribution in [0, 0.1) is 0 Å². The zero-order valence-electron chi connectivity index (χ0n) is 31.5. The van der Waals surface area contributed by atoms with Crippen LogP contribution in [-0.4, -0.2) is 4.57 Å². The summed E-state index contributed by atoms with van der Waals surface area (Å²) in [6.07, 6.45) is 0. The highest BCUT2D eigenvalue weighted by molar-refractivity contribution is 6.37. The van der Waals surface area contributed by atoms with Gasteiger partial charge in [-0.3, -0.25) is 0 Å². The highest BCUT2D eigenvalue weighted by Gasteiger charge is 2.24. The third-order valence-corrected chi connectivity index (χ3v) is 12.6. The molecule has 0 fully saturated rings. The minimum Gasteiger partial charge on any atom is -0.308 e. The van der Waals surface area contributed by atoms with Crippen molar-refractivity contribution >= 4 is 114 Å². The van der Waals surface area contributed by atoms with Gasteiger partial charge in [0.15, 0.2) is 0 Å². The van der Waals surface area contributed by atoms with Crippen molar-refractivity contribution in [2.45, 2.75) is 0 Å². The second-order valence-electron chi connectivity index (χ2n) is 15.6. The van der Waals surface area contributed by atoms with E-state index >= 15 is 0 Å². The molecule has 2 heteroatoms. The number of benzene rings is 11. The van der Waals surface area contributed by atoms with Crippen LogP contribution >= 0.6 is 0 Å². The predicted molar refractivity (Wildman–Crippen MR) is 249 cm³/mol. The van der Waals surface area contributed by atoms with Crippen molar-refractivity contribution in [3.05, 3.63) is 206 Å². The maximum Gasteiger partial charge on any atom is 0.0702 e. The molecule has 0 aliphatic carbocycles. The Kier molecular flexibility index (Phi) is 6.47. The lowest BCUT2D eigenvalue weighted by Crippen LogP contribution is -2.13. The highest BCUT2D eigenvalue weighted by atomic mass is 15.2. The van der Waals surface area contributed by atoms with Crippen LogP contribution in [0.4, 0.5) is 17.1 Å². The van der Waals surface area contributed by atoms with Gasteiger partial charge in [0.25, 0.3) is 0 Å². The van der Waals surface area contributed by atoms with Gasteiger partial charge < -0.3 is 9.47 Å². The number of nitrogens with zero attached hydrogens (tertiary/aromatic N) is 2. The first kappa shape index (κ1) is 31.5. The topological polar surface area (TPSA) is 8.17 Å². The minimum atomic E-state index is 1.11. The molecule has 58 heavy (non-hydrogen) atoms. The third-order valence-electron chi connectivity index (χ3n) is 12.6. The summed E-state index contributed by atoms with van der Waals surface area (Å²) in [4.78, 5) is 2.51. The summed E-state index contributed by atoms with van der Waals surface area (Å²) in [7, 11) is 0. The molecule has 1 aromatic heterocycles. The van der Waals surface area contributed by atoms with E-state index in [2.05, 4.69) is 216 Å². The number of hydrogen-bond acceptors (Lipinski definition) is 1. The minimum absolute atomic E-state index is 1.11. The summed E-state index contributed by atoms with van der Waals surface area (Å²) in [5.41, 5.74) is 6.85. The molecule has 0 radical (unpaired) electrons. The first-order chi connectivity index (χ1) is 28.8. The Morgan fingerprint density at radius 1 is 0.276 bits per heavy atom. The van der Waals surface area contributed by atoms with Crippen LogP contribution in [-0.2, 0) is 0 Å². The lowest BCUT2D eigenvalue weighted by Gasteiger charge is -2.30. The first-order valence-electron chi connectivity index (χ1n) is 20.1. The molecule has 0 unspecified atom stereocenters. The summed E-state index contributed by atoms with van der Waals surface area (Å²) < 4.78 is 2.45. The largest absolute Gasteiger partial charge is 0.308 e. The molecular formula is C56H34N2. The van der Waals surface area contributed by atoms with Crippen LogP contribution < -0.4 is 4.90 Å². The summed E-state index contributed by atoms with van der Waals surface area (Å²) in [6.45, 7) is 0. The Labute approximate surface area is 334 Å². The van der Waals surface area contributed by atoms with Gasteiger partial charge in [0.05, 0.1) is 28.1 Å². The van der Waals surface area contributed by atoms with Crippen LogP contribution in [0.15, 0.2) is 206 Å². The monoisotopic (exact) mass is 734 g/mol. The van der Waals surface area contributed by atoms with Gasteiger partial charge in [0.2, 0.25) is 0 Å². The zero-order chi connectivity index (χ0) is 37.9. The maximum atomic E-state index is 2.51. The molecule has 0 spiro atoms. The molecular weight excluding hydrogens is 701 g/mol. The van der Waals surface area contributed by atoms with Crippen molar-refractivity contribution in [1.82, 2.24) is 4.57 Å². The van der Waals surface area contributed by atoms with Crippen molar-refractivity contribution in [3.8, 4) is 5.69 Å². The van der Waals surface area contributed by atoms with Crippen LogP contribution in [0.25, 0.3) is 103 Å². The summed E-state index contributed by atoms with van der Waals surface area (Å²) in [5, 5.41) is 20.2. The Balaban J connectivity index is 1.22. The fraction of sp³-hybridized carbons (Fsp3) is 0. The number of rotatable bonds is 4. The standard InChI is InChI=1S/C56H34N2/c1-2-18-41-35(13-1)14-12-28-48(41)57(51-26-7-8-27-52(51)58-49-24-5-3-19-42(49)43-20-4-6-25-50(43)58)40-33-39-32-31-38-16-10-22-45-44-21-9-15-36-29-30-37-17-11-23-46(55(37)53(36)44)47(34-40)56(39)54(38)45/h1-34H. The summed E-state index contributed by atoms with van der Waals surface area (Å²) in [5.74, 6) is 0. The van der Waals surface area contributed by atoms with E-state index in [-0.39, 0.29) is 0 Å². The predicted octanol–water partition coefficient (Wildman–Crippen LogP) is 15.8. The van der Waals surface area contributed by atoms with E-state index in [0.717, 1.165) is 22.7 Å². The summed E-state index contributed by atoms with van der Waals surface area (Å²) in [6, 6.07) is 76.6. The van der Waals surface area contributed by atoms with Gasteiger partial charge in [-0.2, -0.15) is 0 Å². The van der Waals surface area contributed by atoms with Crippen molar-refractivity contribution in [1.29, 1.82) is 0 Å². The smallest absolute Gasteiger partial charge is 0.0702 e. The fourth-order valence-corrected chi connectivity index (χ4v) is 10.2. The highest BCUT2D eigenvalue weighted by Crippen LogP contribution is 2.48. The van der Waals surface area contributed by atoms with E-state index in [4.69, 9.17) is 0 Å².